The molecule has 0 saturated heterocycles. The lowest BCUT2D eigenvalue weighted by Crippen LogP contribution is -2.22. The van der Waals surface area contributed by atoms with Gasteiger partial charge in [-0.2, -0.15) is 0 Å². The molecule has 2 aromatic heterocycles. The van der Waals surface area contributed by atoms with Gasteiger partial charge in [0.25, 0.3) is 5.91 Å². The van der Waals surface area contributed by atoms with E-state index >= 15 is 0 Å². The fourth-order valence-electron chi connectivity index (χ4n) is 2.41. The number of primary amides is 1. The van der Waals surface area contributed by atoms with Crippen molar-refractivity contribution in [2.45, 2.75) is 0 Å². The molecule has 140 valence electrons. The van der Waals surface area contributed by atoms with Gasteiger partial charge in [-0.1, -0.05) is 0 Å². The first-order chi connectivity index (χ1) is 13.0. The van der Waals surface area contributed by atoms with Gasteiger partial charge >= 0.3 is 6.03 Å². The first kappa shape index (κ1) is 17.8. The van der Waals surface area contributed by atoms with Gasteiger partial charge in [0.2, 0.25) is 5.88 Å². The molecule has 0 spiro atoms. The lowest BCUT2D eigenvalue weighted by Gasteiger charge is -2.14. The SMILES string of the molecule is COc1c(C(N)=O)ccc(F)c1NC(=O)Nc1ncnc2[nH]nc(OC)c12. The zero-order valence-electron chi connectivity index (χ0n) is 14.2. The Balaban J connectivity index is 1.93. The van der Waals surface area contributed by atoms with E-state index in [1.54, 1.807) is 0 Å². The van der Waals surface area contributed by atoms with Crippen LogP contribution in [0.2, 0.25) is 0 Å². The summed E-state index contributed by atoms with van der Waals surface area (Å²) in [4.78, 5) is 31.7. The van der Waals surface area contributed by atoms with Crippen LogP contribution in [-0.4, -0.2) is 46.3 Å². The Kier molecular flexibility index (Phi) is 4.70. The molecular formula is C15H14FN7O4. The summed E-state index contributed by atoms with van der Waals surface area (Å²) in [6, 6.07) is 1.29. The number of methoxy groups -OCH3 is 2. The number of nitrogens with two attached hydrogens (primary N) is 1. The zero-order chi connectivity index (χ0) is 19.6. The van der Waals surface area contributed by atoms with Crippen molar-refractivity contribution in [2.24, 2.45) is 5.73 Å². The monoisotopic (exact) mass is 375 g/mol. The summed E-state index contributed by atoms with van der Waals surface area (Å²) < 4.78 is 24.3. The standard InChI is InChI=1S/C15H14FN7O4/c1-26-10-6(11(17)24)3-4-7(16)9(10)20-15(25)21-12-8-13(19-5-18-12)22-23-14(8)27-2/h3-5H,1-2H3,(H2,17,24)(H3,18,19,20,21,22,23,25). The minimum Gasteiger partial charge on any atom is -0.494 e. The number of anilines is 2. The molecule has 5 N–H and O–H groups in total. The Morgan fingerprint density at radius 2 is 1.96 bits per heavy atom. The molecule has 1 aromatic carbocycles. The molecule has 0 aliphatic heterocycles. The predicted molar refractivity (Wildman–Crippen MR) is 92.3 cm³/mol. The average molecular weight is 375 g/mol. The van der Waals surface area contributed by atoms with E-state index in [4.69, 9.17) is 15.2 Å². The van der Waals surface area contributed by atoms with Gasteiger partial charge in [-0.3, -0.25) is 15.2 Å². The lowest BCUT2D eigenvalue weighted by molar-refractivity contribution is 0.0997. The molecule has 0 aliphatic carbocycles. The van der Waals surface area contributed by atoms with Crippen molar-refractivity contribution in [3.05, 3.63) is 29.8 Å². The normalized spacial score (nSPS) is 10.5. The molecule has 2 heterocycles. The van der Waals surface area contributed by atoms with Crippen LogP contribution >= 0.6 is 0 Å². The number of aromatic nitrogens is 4. The number of carbonyl (C=O) groups is 2. The Morgan fingerprint density at radius 3 is 2.63 bits per heavy atom. The van der Waals surface area contributed by atoms with E-state index in [-0.39, 0.29) is 28.7 Å². The largest absolute Gasteiger partial charge is 0.494 e. The number of fused-ring (bicyclic) bond motifs is 1. The maximum absolute atomic E-state index is 14.2. The van der Waals surface area contributed by atoms with Crippen LogP contribution in [0.5, 0.6) is 11.6 Å². The number of nitrogens with zero attached hydrogens (tertiary/aromatic N) is 3. The van der Waals surface area contributed by atoms with Crippen LogP contribution in [0.15, 0.2) is 18.5 Å². The third kappa shape index (κ3) is 3.27. The van der Waals surface area contributed by atoms with Gasteiger partial charge in [-0.05, 0) is 12.1 Å². The van der Waals surface area contributed by atoms with Crippen molar-refractivity contribution in [2.75, 3.05) is 24.9 Å². The summed E-state index contributed by atoms with van der Waals surface area (Å²) in [6.45, 7) is 0. The van der Waals surface area contributed by atoms with Crippen molar-refractivity contribution < 1.29 is 23.5 Å². The van der Waals surface area contributed by atoms with Crippen LogP contribution in [0.25, 0.3) is 11.0 Å². The van der Waals surface area contributed by atoms with Crippen molar-refractivity contribution >= 4 is 34.5 Å². The van der Waals surface area contributed by atoms with E-state index in [0.29, 0.717) is 11.0 Å². The van der Waals surface area contributed by atoms with E-state index in [1.807, 2.05) is 0 Å². The van der Waals surface area contributed by atoms with Gasteiger partial charge in [0.1, 0.15) is 17.4 Å². The molecule has 0 unspecified atom stereocenters. The summed E-state index contributed by atoms with van der Waals surface area (Å²) in [6.07, 6.45) is 1.20. The third-order valence-electron chi connectivity index (χ3n) is 3.56. The molecule has 3 amide bonds. The fraction of sp³-hybridized carbons (Fsp3) is 0.133. The highest BCUT2D eigenvalue weighted by Crippen LogP contribution is 2.32. The highest BCUT2D eigenvalue weighted by Gasteiger charge is 2.21. The van der Waals surface area contributed by atoms with Crippen molar-refractivity contribution in [3.63, 3.8) is 0 Å². The number of nitrogens with one attached hydrogen (secondary N) is 3. The summed E-state index contributed by atoms with van der Waals surface area (Å²) in [7, 11) is 2.61. The Bertz CT molecular complexity index is 1040. The van der Waals surface area contributed by atoms with Crippen LogP contribution in [0.1, 0.15) is 10.4 Å². The highest BCUT2D eigenvalue weighted by molar-refractivity contribution is 6.07. The van der Waals surface area contributed by atoms with Gasteiger partial charge < -0.3 is 20.5 Å². The predicted octanol–water partition coefficient (Wildman–Crippen LogP) is 1.25. The maximum atomic E-state index is 14.2. The molecule has 12 heteroatoms. The number of hydrogen-bond donors (Lipinski definition) is 4. The van der Waals surface area contributed by atoms with E-state index < -0.39 is 17.8 Å². The van der Waals surface area contributed by atoms with Gasteiger partial charge in [0, 0.05) is 0 Å². The maximum Gasteiger partial charge on any atom is 0.325 e. The molecule has 11 nitrogen and oxygen atoms in total. The van der Waals surface area contributed by atoms with Crippen LogP contribution < -0.4 is 25.8 Å². The first-order valence-electron chi connectivity index (χ1n) is 7.43. The summed E-state index contributed by atoms with van der Waals surface area (Å²) in [5, 5.41) is 11.6. The minimum absolute atomic E-state index is 0.0773. The van der Waals surface area contributed by atoms with Crippen molar-refractivity contribution in [1.29, 1.82) is 0 Å². The number of carbonyl (C=O) groups excluding carboxylic acids is 2. The number of hydrogen-bond acceptors (Lipinski definition) is 7. The molecule has 27 heavy (non-hydrogen) atoms. The Hall–Kier alpha value is -3.96. The van der Waals surface area contributed by atoms with E-state index in [0.717, 1.165) is 12.1 Å². The smallest absolute Gasteiger partial charge is 0.325 e. The molecule has 3 aromatic rings. The topological polar surface area (TPSA) is 157 Å². The van der Waals surface area contributed by atoms with Crippen LogP contribution in [0.4, 0.5) is 20.7 Å². The van der Waals surface area contributed by atoms with Gasteiger partial charge in [0.15, 0.2) is 23.0 Å². The van der Waals surface area contributed by atoms with E-state index in [9.17, 15) is 14.0 Å². The highest BCUT2D eigenvalue weighted by atomic mass is 19.1. The molecule has 0 atom stereocenters. The second-order valence-electron chi connectivity index (χ2n) is 5.13. The van der Waals surface area contributed by atoms with Crippen LogP contribution in [-0.2, 0) is 0 Å². The number of ether oxygens (including phenoxy) is 2. The van der Waals surface area contributed by atoms with Gasteiger partial charge in [-0.15, -0.1) is 5.10 Å². The minimum atomic E-state index is -0.850. The number of amides is 3. The number of aromatic amines is 1. The van der Waals surface area contributed by atoms with Crippen LogP contribution in [0, 0.1) is 5.82 Å². The summed E-state index contributed by atoms with van der Waals surface area (Å²) in [5.41, 5.74) is 5.13. The molecule has 0 radical (unpaired) electrons. The number of urea groups is 1. The van der Waals surface area contributed by atoms with E-state index in [1.165, 1.54) is 20.5 Å². The molecule has 0 saturated carbocycles. The van der Waals surface area contributed by atoms with Crippen molar-refractivity contribution in [3.8, 4) is 11.6 Å². The third-order valence-corrected chi connectivity index (χ3v) is 3.56. The molecular weight excluding hydrogens is 361 g/mol. The first-order valence-corrected chi connectivity index (χ1v) is 7.43. The number of halogens is 1. The van der Waals surface area contributed by atoms with Gasteiger partial charge in [-0.25, -0.2) is 19.2 Å². The molecule has 0 fully saturated rings. The zero-order valence-corrected chi connectivity index (χ0v) is 14.2. The molecule has 3 rings (SSSR count). The Morgan fingerprint density at radius 1 is 1.19 bits per heavy atom. The molecule has 0 bridgehead atoms. The number of H-pyrrole nitrogens is 1. The van der Waals surface area contributed by atoms with Crippen LogP contribution in [0.3, 0.4) is 0 Å². The number of benzene rings is 1. The fourth-order valence-corrected chi connectivity index (χ4v) is 2.41. The second-order valence-corrected chi connectivity index (χ2v) is 5.13. The summed E-state index contributed by atoms with van der Waals surface area (Å²) >= 11 is 0. The van der Waals surface area contributed by atoms with Crippen molar-refractivity contribution in [1.82, 2.24) is 20.2 Å². The Labute approximate surface area is 151 Å². The van der Waals surface area contributed by atoms with Gasteiger partial charge in [0.05, 0.1) is 19.8 Å². The lowest BCUT2D eigenvalue weighted by atomic mass is 10.1. The average Bonchev–Trinajstić information content (AvgIpc) is 3.07. The molecule has 0 aliphatic rings. The number of rotatable bonds is 5. The quantitative estimate of drug-likeness (QED) is 0.522. The summed E-state index contributed by atoms with van der Waals surface area (Å²) in [5.74, 6) is -1.61. The second kappa shape index (κ2) is 7.11. The van der Waals surface area contributed by atoms with E-state index in [2.05, 4.69) is 30.8 Å².